The Balaban J connectivity index is 2.06. The summed E-state index contributed by atoms with van der Waals surface area (Å²) in [5, 5.41) is 5.06. The van der Waals surface area contributed by atoms with E-state index in [4.69, 9.17) is 10.5 Å². The largest absolute Gasteiger partial charge is 0.463 e. The predicted molar refractivity (Wildman–Crippen MR) is 69.8 cm³/mol. The molecule has 0 bridgehead atoms. The van der Waals surface area contributed by atoms with E-state index in [9.17, 15) is 9.59 Å². The molecule has 1 unspecified atom stereocenters. The number of ether oxygens (including phenoxy) is 1. The minimum atomic E-state index is -0.575. The molecule has 2 rings (SSSR count). The number of carbonyl (C=O) groups excluding carboxylic acids is 2. The van der Waals surface area contributed by atoms with Gasteiger partial charge in [-0.15, -0.1) is 0 Å². The number of nitrogens with two attached hydrogens (primary N) is 1. The van der Waals surface area contributed by atoms with Crippen LogP contribution >= 0.6 is 0 Å². The molecule has 1 aromatic rings. The van der Waals surface area contributed by atoms with E-state index >= 15 is 0 Å². The van der Waals surface area contributed by atoms with Crippen LogP contribution in [0.5, 0.6) is 6.01 Å². The van der Waals surface area contributed by atoms with Crippen molar-refractivity contribution < 1.29 is 14.3 Å². The average molecular weight is 280 g/mol. The van der Waals surface area contributed by atoms with Crippen molar-refractivity contribution in [1.82, 2.24) is 20.3 Å². The van der Waals surface area contributed by atoms with E-state index in [2.05, 4.69) is 25.6 Å². The Morgan fingerprint density at radius 3 is 2.90 bits per heavy atom. The quantitative estimate of drug-likeness (QED) is 0.612. The Kier molecular flexibility index (Phi) is 4.28. The minimum Gasteiger partial charge on any atom is -0.463 e. The van der Waals surface area contributed by atoms with Gasteiger partial charge in [0.2, 0.25) is 23.7 Å². The number of nitrogens with one attached hydrogen (secondary N) is 2. The van der Waals surface area contributed by atoms with Crippen molar-refractivity contribution in [2.45, 2.75) is 32.2 Å². The lowest BCUT2D eigenvalue weighted by molar-refractivity contribution is -0.133. The molecule has 2 amide bonds. The summed E-state index contributed by atoms with van der Waals surface area (Å²) in [6, 6.07) is -0.470. The first-order valence-electron chi connectivity index (χ1n) is 6.33. The molecule has 0 radical (unpaired) electrons. The van der Waals surface area contributed by atoms with Crippen LogP contribution in [0.15, 0.2) is 0 Å². The van der Waals surface area contributed by atoms with Crippen LogP contribution < -0.4 is 21.1 Å². The maximum Gasteiger partial charge on any atom is 0.323 e. The van der Waals surface area contributed by atoms with E-state index in [0.29, 0.717) is 13.0 Å². The van der Waals surface area contributed by atoms with E-state index in [0.717, 1.165) is 6.42 Å². The van der Waals surface area contributed by atoms with E-state index < -0.39 is 11.9 Å². The first kappa shape index (κ1) is 14.0. The molecule has 108 valence electrons. The maximum absolute atomic E-state index is 11.6. The second-order valence-corrected chi connectivity index (χ2v) is 4.30. The van der Waals surface area contributed by atoms with E-state index in [-0.39, 0.29) is 30.2 Å². The van der Waals surface area contributed by atoms with Crippen molar-refractivity contribution >= 4 is 23.7 Å². The fraction of sp³-hybridized carbons (Fsp3) is 0.545. The first-order chi connectivity index (χ1) is 9.58. The summed E-state index contributed by atoms with van der Waals surface area (Å²) in [5.41, 5.74) is 5.56. The van der Waals surface area contributed by atoms with Crippen LogP contribution in [0.3, 0.4) is 0 Å². The summed E-state index contributed by atoms with van der Waals surface area (Å²) >= 11 is 0. The van der Waals surface area contributed by atoms with Crippen molar-refractivity contribution in [2.75, 3.05) is 17.7 Å². The van der Waals surface area contributed by atoms with Gasteiger partial charge in [0.05, 0.1) is 6.61 Å². The number of amides is 2. The third-order valence-corrected chi connectivity index (χ3v) is 2.61. The van der Waals surface area contributed by atoms with E-state index in [1.807, 2.05) is 6.92 Å². The number of imide groups is 1. The van der Waals surface area contributed by atoms with Crippen LogP contribution in [-0.2, 0) is 9.59 Å². The van der Waals surface area contributed by atoms with Gasteiger partial charge in [0.15, 0.2) is 0 Å². The Labute approximate surface area is 115 Å². The van der Waals surface area contributed by atoms with Crippen molar-refractivity contribution in [3.8, 4) is 6.01 Å². The number of piperidine rings is 1. The third kappa shape index (κ3) is 3.53. The molecule has 1 saturated heterocycles. The van der Waals surface area contributed by atoms with Crippen molar-refractivity contribution in [3.05, 3.63) is 0 Å². The summed E-state index contributed by atoms with van der Waals surface area (Å²) in [5.74, 6) is -0.537. The van der Waals surface area contributed by atoms with E-state index in [1.54, 1.807) is 0 Å². The summed E-state index contributed by atoms with van der Waals surface area (Å²) in [6.07, 6.45) is 1.45. The second kappa shape index (κ2) is 6.13. The fourth-order valence-electron chi connectivity index (χ4n) is 1.68. The highest BCUT2D eigenvalue weighted by Crippen LogP contribution is 2.13. The molecular formula is C11H16N6O3. The number of hydrogen-bond acceptors (Lipinski definition) is 8. The van der Waals surface area contributed by atoms with Gasteiger partial charge in [-0.2, -0.15) is 15.0 Å². The standard InChI is InChI=1S/C11H16N6O3/c1-2-5-20-11-16-9(12)15-10(17-11)13-6-3-4-7(18)14-8(6)19/h6H,2-5H2,1H3,(H,14,18,19)(H3,12,13,15,16,17). The van der Waals surface area contributed by atoms with Crippen LogP contribution in [0.25, 0.3) is 0 Å². The van der Waals surface area contributed by atoms with Gasteiger partial charge in [-0.3, -0.25) is 14.9 Å². The average Bonchev–Trinajstić information content (AvgIpc) is 2.39. The Morgan fingerprint density at radius 2 is 2.20 bits per heavy atom. The first-order valence-corrected chi connectivity index (χ1v) is 6.33. The molecule has 20 heavy (non-hydrogen) atoms. The lowest BCUT2D eigenvalue weighted by Gasteiger charge is -2.21. The number of rotatable bonds is 5. The smallest absolute Gasteiger partial charge is 0.323 e. The summed E-state index contributed by atoms with van der Waals surface area (Å²) in [7, 11) is 0. The van der Waals surface area contributed by atoms with Gasteiger partial charge in [0, 0.05) is 6.42 Å². The SMILES string of the molecule is CCCOc1nc(N)nc(NC2CCC(=O)NC2=O)n1. The topological polar surface area (TPSA) is 132 Å². The number of hydrogen-bond donors (Lipinski definition) is 3. The molecule has 0 spiro atoms. The molecule has 0 aliphatic carbocycles. The number of aromatic nitrogens is 3. The highest BCUT2D eigenvalue weighted by atomic mass is 16.5. The fourth-order valence-corrected chi connectivity index (χ4v) is 1.68. The summed E-state index contributed by atoms with van der Waals surface area (Å²) in [6.45, 7) is 2.41. The maximum atomic E-state index is 11.6. The highest BCUT2D eigenvalue weighted by Gasteiger charge is 2.27. The van der Waals surface area contributed by atoms with Gasteiger partial charge in [-0.05, 0) is 12.8 Å². The molecule has 0 aromatic carbocycles. The second-order valence-electron chi connectivity index (χ2n) is 4.30. The predicted octanol–water partition coefficient (Wildman–Crippen LogP) is -0.540. The van der Waals surface area contributed by atoms with Gasteiger partial charge in [0.1, 0.15) is 6.04 Å². The molecular weight excluding hydrogens is 264 g/mol. The molecule has 1 aliphatic rings. The molecule has 1 aromatic heterocycles. The number of nitrogen functional groups attached to an aromatic ring is 1. The van der Waals surface area contributed by atoms with Crippen molar-refractivity contribution in [2.24, 2.45) is 0 Å². The molecule has 2 heterocycles. The molecule has 1 aliphatic heterocycles. The molecule has 1 atom stereocenters. The monoisotopic (exact) mass is 280 g/mol. The van der Waals surface area contributed by atoms with Gasteiger partial charge >= 0.3 is 6.01 Å². The van der Waals surface area contributed by atoms with Crippen molar-refractivity contribution in [1.29, 1.82) is 0 Å². The van der Waals surface area contributed by atoms with Gasteiger partial charge in [-0.1, -0.05) is 6.92 Å². The lowest BCUT2D eigenvalue weighted by atomic mass is 10.1. The minimum absolute atomic E-state index is 0.000831. The highest BCUT2D eigenvalue weighted by molar-refractivity contribution is 6.01. The number of nitrogens with zero attached hydrogens (tertiary/aromatic N) is 3. The lowest BCUT2D eigenvalue weighted by Crippen LogP contribution is -2.47. The molecule has 9 nitrogen and oxygen atoms in total. The van der Waals surface area contributed by atoms with E-state index in [1.165, 1.54) is 0 Å². The van der Waals surface area contributed by atoms with Crippen LogP contribution in [0.2, 0.25) is 0 Å². The summed E-state index contributed by atoms with van der Waals surface area (Å²) in [4.78, 5) is 34.4. The normalized spacial score (nSPS) is 18.6. The Morgan fingerprint density at radius 1 is 1.40 bits per heavy atom. The van der Waals surface area contributed by atoms with Crippen molar-refractivity contribution in [3.63, 3.8) is 0 Å². The Hall–Kier alpha value is -2.45. The van der Waals surface area contributed by atoms with Crippen LogP contribution in [0, 0.1) is 0 Å². The third-order valence-electron chi connectivity index (χ3n) is 2.61. The van der Waals surface area contributed by atoms with Gasteiger partial charge < -0.3 is 15.8 Å². The zero-order chi connectivity index (χ0) is 14.5. The summed E-state index contributed by atoms with van der Waals surface area (Å²) < 4.78 is 5.27. The molecule has 1 fully saturated rings. The Bertz CT molecular complexity index is 521. The zero-order valence-electron chi connectivity index (χ0n) is 11.0. The number of anilines is 2. The van der Waals surface area contributed by atoms with Gasteiger partial charge in [0.25, 0.3) is 0 Å². The van der Waals surface area contributed by atoms with Gasteiger partial charge in [-0.25, -0.2) is 0 Å². The zero-order valence-corrected chi connectivity index (χ0v) is 11.0. The van der Waals surface area contributed by atoms with Crippen LogP contribution in [-0.4, -0.2) is 39.4 Å². The van der Waals surface area contributed by atoms with Crippen LogP contribution in [0.1, 0.15) is 26.2 Å². The molecule has 4 N–H and O–H groups in total. The number of carbonyl (C=O) groups is 2. The van der Waals surface area contributed by atoms with Crippen LogP contribution in [0.4, 0.5) is 11.9 Å². The molecule has 9 heteroatoms. The molecule has 0 saturated carbocycles.